The van der Waals surface area contributed by atoms with E-state index in [1.54, 1.807) is 0 Å². The third kappa shape index (κ3) is 4.59. The Hall–Kier alpha value is -4.04. The van der Waals surface area contributed by atoms with Gasteiger partial charge in [-0.15, -0.1) is 0 Å². The van der Waals surface area contributed by atoms with Crippen LogP contribution >= 0.6 is 0 Å². The second-order valence-corrected chi connectivity index (χ2v) is 8.06. The van der Waals surface area contributed by atoms with Gasteiger partial charge >= 0.3 is 5.97 Å². The number of hydrogen-bond acceptors (Lipinski definition) is 13. The summed E-state index contributed by atoms with van der Waals surface area (Å²) >= 11 is 0. The van der Waals surface area contributed by atoms with Gasteiger partial charge in [-0.05, 0) is 18.2 Å². The van der Waals surface area contributed by atoms with Crippen LogP contribution in [0.5, 0.6) is 28.7 Å². The summed E-state index contributed by atoms with van der Waals surface area (Å²) in [4.78, 5) is 23.7. The number of rotatable bonds is 5. The fourth-order valence-electron chi connectivity index (χ4n) is 3.65. The molecule has 0 bridgehead atoms. The third-order valence-electron chi connectivity index (χ3n) is 5.55. The number of ether oxygens (including phenoxy) is 3. The standard InChI is InChI=1S/C23H22O13/c1-8(24)33-7-16-19(29)21(31)22(32)23(36-16)35-15-6-14-17(20(30)18(15)28)12(27)5-13(34-14)9-2-3-10(25)11(26)4-9/h2-6,16,19,21-23,25-26,28-32H,7H2,1H3. The lowest BCUT2D eigenvalue weighted by Crippen LogP contribution is -2.60. The van der Waals surface area contributed by atoms with Crippen molar-refractivity contribution in [3.8, 4) is 40.1 Å². The van der Waals surface area contributed by atoms with E-state index in [-0.39, 0.29) is 16.9 Å². The minimum absolute atomic E-state index is 0.0622. The first-order chi connectivity index (χ1) is 17.0. The van der Waals surface area contributed by atoms with E-state index < -0.39 is 82.8 Å². The molecule has 2 heterocycles. The zero-order chi connectivity index (χ0) is 26.3. The van der Waals surface area contributed by atoms with Gasteiger partial charge in [0, 0.05) is 24.6 Å². The summed E-state index contributed by atoms with van der Waals surface area (Å²) < 4.78 is 21.2. The number of aliphatic hydroxyl groups excluding tert-OH is 3. The molecule has 1 aromatic heterocycles. The van der Waals surface area contributed by atoms with E-state index >= 15 is 0 Å². The van der Waals surface area contributed by atoms with Crippen molar-refractivity contribution < 1.29 is 59.2 Å². The Kier molecular flexibility index (Phi) is 6.65. The predicted octanol–water partition coefficient (Wildman–Crippen LogP) is 0.0319. The number of fused-ring (bicyclic) bond motifs is 1. The van der Waals surface area contributed by atoms with Crippen LogP contribution in [0.3, 0.4) is 0 Å². The molecule has 0 amide bonds. The van der Waals surface area contributed by atoms with Gasteiger partial charge in [-0.25, -0.2) is 0 Å². The summed E-state index contributed by atoms with van der Waals surface area (Å²) in [6.45, 7) is 0.638. The van der Waals surface area contributed by atoms with Gasteiger partial charge in [0.1, 0.15) is 47.8 Å². The van der Waals surface area contributed by atoms with E-state index in [2.05, 4.69) is 0 Å². The molecule has 0 radical (unpaired) electrons. The molecule has 7 N–H and O–H groups in total. The van der Waals surface area contributed by atoms with Crippen molar-refractivity contribution in [2.75, 3.05) is 6.61 Å². The number of phenols is 4. The minimum Gasteiger partial charge on any atom is -0.504 e. The molecule has 0 saturated carbocycles. The molecule has 2 aromatic carbocycles. The Labute approximate surface area is 201 Å². The highest BCUT2D eigenvalue weighted by molar-refractivity contribution is 5.89. The van der Waals surface area contributed by atoms with E-state index in [1.165, 1.54) is 12.1 Å². The van der Waals surface area contributed by atoms with Crippen LogP contribution in [-0.2, 0) is 14.3 Å². The monoisotopic (exact) mass is 506 g/mol. The van der Waals surface area contributed by atoms with Gasteiger partial charge < -0.3 is 54.4 Å². The molecular weight excluding hydrogens is 484 g/mol. The number of esters is 1. The minimum atomic E-state index is -1.83. The number of aliphatic hydroxyl groups is 3. The molecule has 13 nitrogen and oxygen atoms in total. The van der Waals surface area contributed by atoms with Crippen molar-refractivity contribution in [1.82, 2.24) is 0 Å². The van der Waals surface area contributed by atoms with Crippen LogP contribution in [0.15, 0.2) is 39.5 Å². The van der Waals surface area contributed by atoms with E-state index in [4.69, 9.17) is 18.6 Å². The lowest BCUT2D eigenvalue weighted by Gasteiger charge is -2.39. The Morgan fingerprint density at radius 3 is 2.33 bits per heavy atom. The molecule has 1 fully saturated rings. The van der Waals surface area contributed by atoms with E-state index in [0.717, 1.165) is 25.1 Å². The van der Waals surface area contributed by atoms with Gasteiger partial charge in [-0.2, -0.15) is 0 Å². The summed E-state index contributed by atoms with van der Waals surface area (Å²) in [5.41, 5.74) is -0.819. The van der Waals surface area contributed by atoms with Crippen molar-refractivity contribution in [1.29, 1.82) is 0 Å². The molecule has 1 aliphatic heterocycles. The van der Waals surface area contributed by atoms with Crippen molar-refractivity contribution in [3.05, 3.63) is 40.6 Å². The van der Waals surface area contributed by atoms with E-state index in [1.807, 2.05) is 0 Å². The molecule has 36 heavy (non-hydrogen) atoms. The molecule has 5 atom stereocenters. The number of hydrogen-bond donors (Lipinski definition) is 7. The second-order valence-electron chi connectivity index (χ2n) is 8.06. The van der Waals surface area contributed by atoms with Crippen molar-refractivity contribution in [2.45, 2.75) is 37.6 Å². The maximum absolute atomic E-state index is 12.6. The fraction of sp³-hybridized carbons (Fsp3) is 0.304. The summed E-state index contributed by atoms with van der Waals surface area (Å²) in [6.07, 6.45) is -8.27. The Morgan fingerprint density at radius 2 is 1.67 bits per heavy atom. The SMILES string of the molecule is CC(=O)OCC1OC(Oc2cc3oc(-c4ccc(O)c(O)c4)cc(=O)c3c(O)c2O)C(O)C(O)C1O. The lowest BCUT2D eigenvalue weighted by molar-refractivity contribution is -0.278. The average molecular weight is 506 g/mol. The van der Waals surface area contributed by atoms with Gasteiger partial charge in [-0.1, -0.05) is 0 Å². The Bertz CT molecular complexity index is 1360. The van der Waals surface area contributed by atoms with Crippen LogP contribution in [0.1, 0.15) is 6.92 Å². The molecular formula is C23H22O13. The Balaban J connectivity index is 1.71. The molecule has 0 aliphatic carbocycles. The van der Waals surface area contributed by atoms with Crippen molar-refractivity contribution in [2.24, 2.45) is 0 Å². The van der Waals surface area contributed by atoms with Gasteiger partial charge in [0.2, 0.25) is 12.0 Å². The first-order valence-corrected chi connectivity index (χ1v) is 10.5. The fourth-order valence-corrected chi connectivity index (χ4v) is 3.65. The first kappa shape index (κ1) is 25.1. The van der Waals surface area contributed by atoms with Crippen LogP contribution < -0.4 is 10.2 Å². The first-order valence-electron chi connectivity index (χ1n) is 10.5. The van der Waals surface area contributed by atoms with Crippen LogP contribution in [-0.4, -0.2) is 79.0 Å². The van der Waals surface area contributed by atoms with Crippen molar-refractivity contribution in [3.63, 3.8) is 0 Å². The topological polar surface area (TPSA) is 217 Å². The van der Waals surface area contributed by atoms with Crippen molar-refractivity contribution >= 4 is 16.9 Å². The van der Waals surface area contributed by atoms with Crippen LogP contribution in [0.2, 0.25) is 0 Å². The maximum Gasteiger partial charge on any atom is 0.302 e. The third-order valence-corrected chi connectivity index (χ3v) is 5.55. The highest BCUT2D eigenvalue weighted by Crippen LogP contribution is 2.43. The normalized spacial score (nSPS) is 23.9. The zero-order valence-electron chi connectivity index (χ0n) is 18.6. The lowest BCUT2D eigenvalue weighted by atomic mass is 9.99. The predicted molar refractivity (Wildman–Crippen MR) is 119 cm³/mol. The van der Waals surface area contributed by atoms with Crippen LogP contribution in [0, 0.1) is 0 Å². The second kappa shape index (κ2) is 9.54. The van der Waals surface area contributed by atoms with Crippen LogP contribution in [0.25, 0.3) is 22.3 Å². The number of carbonyl (C=O) groups excluding carboxylic acids is 1. The van der Waals surface area contributed by atoms with Crippen LogP contribution in [0.4, 0.5) is 0 Å². The molecule has 5 unspecified atom stereocenters. The molecule has 4 rings (SSSR count). The van der Waals surface area contributed by atoms with Gasteiger partial charge in [0.05, 0.1) is 0 Å². The summed E-state index contributed by atoms with van der Waals surface area (Å²) in [5.74, 6) is -3.95. The number of phenolic OH excluding ortho intramolecular Hbond substituents is 4. The molecule has 1 saturated heterocycles. The molecule has 3 aromatic rings. The highest BCUT2D eigenvalue weighted by Gasteiger charge is 2.45. The molecule has 13 heteroatoms. The highest BCUT2D eigenvalue weighted by atomic mass is 16.7. The molecule has 0 spiro atoms. The van der Waals surface area contributed by atoms with E-state index in [9.17, 15) is 45.3 Å². The summed E-state index contributed by atoms with van der Waals surface area (Å²) in [5, 5.41) is 70.2. The quantitative estimate of drug-likeness (QED) is 0.180. The maximum atomic E-state index is 12.6. The number of aromatic hydroxyl groups is 4. The largest absolute Gasteiger partial charge is 0.504 e. The van der Waals surface area contributed by atoms with E-state index in [0.29, 0.717) is 0 Å². The smallest absolute Gasteiger partial charge is 0.302 e. The molecule has 1 aliphatic rings. The number of carbonyl (C=O) groups is 1. The zero-order valence-corrected chi connectivity index (χ0v) is 18.6. The number of benzene rings is 2. The molecule has 192 valence electrons. The van der Waals surface area contributed by atoms with Gasteiger partial charge in [-0.3, -0.25) is 9.59 Å². The van der Waals surface area contributed by atoms with Gasteiger partial charge in [0.15, 0.2) is 28.4 Å². The van der Waals surface area contributed by atoms with Gasteiger partial charge in [0.25, 0.3) is 0 Å². The summed E-state index contributed by atoms with van der Waals surface area (Å²) in [7, 11) is 0. The Morgan fingerprint density at radius 1 is 0.944 bits per heavy atom. The summed E-state index contributed by atoms with van der Waals surface area (Å²) in [6, 6.07) is 5.69. The average Bonchev–Trinajstić information content (AvgIpc) is 2.83.